The molecule has 3 N–H and O–H groups in total. The summed E-state index contributed by atoms with van der Waals surface area (Å²) in [4.78, 5) is 0. The van der Waals surface area contributed by atoms with Gasteiger partial charge in [-0.1, -0.05) is 0 Å². The van der Waals surface area contributed by atoms with Gasteiger partial charge < -0.3 is 15.8 Å². The van der Waals surface area contributed by atoms with Crippen molar-refractivity contribution in [2.45, 2.75) is 0 Å². The molecule has 0 atom stereocenters. The van der Waals surface area contributed by atoms with Crippen molar-refractivity contribution in [3.63, 3.8) is 0 Å². The maximum atomic E-state index is 13.4. The van der Waals surface area contributed by atoms with Gasteiger partial charge in [-0.3, -0.25) is 0 Å². The summed E-state index contributed by atoms with van der Waals surface area (Å²) < 4.78 is 31.5. The van der Waals surface area contributed by atoms with Crippen LogP contribution in [-0.4, -0.2) is 7.11 Å². The minimum atomic E-state index is -0.519. The molecule has 2 aromatic carbocycles. The summed E-state index contributed by atoms with van der Waals surface area (Å²) in [7, 11) is 1.39. The Labute approximate surface area is 103 Å². The van der Waals surface area contributed by atoms with Crippen LogP contribution >= 0.6 is 0 Å². The molecule has 0 aliphatic heterocycles. The normalized spacial score (nSPS) is 10.2. The molecule has 0 aliphatic rings. The molecule has 0 heterocycles. The van der Waals surface area contributed by atoms with E-state index in [0.29, 0.717) is 11.4 Å². The number of rotatable bonds is 3. The Morgan fingerprint density at radius 1 is 1.00 bits per heavy atom. The third-order valence-electron chi connectivity index (χ3n) is 2.44. The SMILES string of the molecule is COc1ccc(Nc2ccc(N)c(F)c2)cc1F. The van der Waals surface area contributed by atoms with Crippen LogP contribution in [0.1, 0.15) is 0 Å². The molecule has 2 aromatic rings. The number of nitrogen functional groups attached to an aromatic ring is 1. The highest BCUT2D eigenvalue weighted by atomic mass is 19.1. The molecule has 0 saturated carbocycles. The van der Waals surface area contributed by atoms with Crippen molar-refractivity contribution in [3.05, 3.63) is 48.0 Å². The van der Waals surface area contributed by atoms with E-state index in [1.807, 2.05) is 0 Å². The first kappa shape index (κ1) is 12.2. The van der Waals surface area contributed by atoms with Crippen molar-refractivity contribution in [2.75, 3.05) is 18.2 Å². The minimum absolute atomic E-state index is 0.0708. The van der Waals surface area contributed by atoms with Crippen LogP contribution in [0.25, 0.3) is 0 Å². The summed E-state index contributed by atoms with van der Waals surface area (Å²) in [6.07, 6.45) is 0. The smallest absolute Gasteiger partial charge is 0.167 e. The van der Waals surface area contributed by atoms with E-state index in [1.54, 1.807) is 12.1 Å². The molecule has 2 rings (SSSR count). The van der Waals surface area contributed by atoms with Crippen LogP contribution in [-0.2, 0) is 0 Å². The maximum Gasteiger partial charge on any atom is 0.167 e. The third kappa shape index (κ3) is 2.51. The lowest BCUT2D eigenvalue weighted by Gasteiger charge is -2.09. The lowest BCUT2D eigenvalue weighted by molar-refractivity contribution is 0.386. The van der Waals surface area contributed by atoms with E-state index in [4.69, 9.17) is 10.5 Å². The number of benzene rings is 2. The van der Waals surface area contributed by atoms with Gasteiger partial charge in [0.1, 0.15) is 5.82 Å². The number of nitrogens with one attached hydrogen (secondary N) is 1. The van der Waals surface area contributed by atoms with Crippen LogP contribution in [0.4, 0.5) is 25.8 Å². The first-order valence-corrected chi connectivity index (χ1v) is 5.26. The van der Waals surface area contributed by atoms with E-state index >= 15 is 0 Å². The first-order chi connectivity index (χ1) is 8.60. The van der Waals surface area contributed by atoms with Crippen molar-refractivity contribution < 1.29 is 13.5 Å². The number of nitrogens with two attached hydrogens (primary N) is 1. The standard InChI is InChI=1S/C13H12F2N2O/c1-18-13-5-3-9(7-11(13)15)17-8-2-4-12(16)10(14)6-8/h2-7,17H,16H2,1H3. The van der Waals surface area contributed by atoms with Crippen LogP contribution in [0.5, 0.6) is 5.75 Å². The molecule has 94 valence electrons. The Morgan fingerprint density at radius 3 is 2.17 bits per heavy atom. The van der Waals surface area contributed by atoms with Crippen molar-refractivity contribution in [1.29, 1.82) is 0 Å². The Bertz CT molecular complexity index is 573. The molecule has 0 spiro atoms. The molecule has 0 bridgehead atoms. The van der Waals surface area contributed by atoms with Gasteiger partial charge in [-0.15, -0.1) is 0 Å². The maximum absolute atomic E-state index is 13.4. The number of anilines is 3. The van der Waals surface area contributed by atoms with Crippen LogP contribution in [0.3, 0.4) is 0 Å². The Balaban J connectivity index is 2.23. The van der Waals surface area contributed by atoms with Crippen molar-refractivity contribution in [2.24, 2.45) is 0 Å². The number of halogens is 2. The van der Waals surface area contributed by atoms with Crippen LogP contribution < -0.4 is 15.8 Å². The van der Waals surface area contributed by atoms with Crippen LogP contribution in [0.15, 0.2) is 36.4 Å². The number of methoxy groups -OCH3 is 1. The Hall–Kier alpha value is -2.30. The highest BCUT2D eigenvalue weighted by Gasteiger charge is 2.05. The number of hydrogen-bond acceptors (Lipinski definition) is 3. The highest BCUT2D eigenvalue weighted by Crippen LogP contribution is 2.24. The summed E-state index contributed by atoms with van der Waals surface area (Å²) in [5, 5.41) is 2.87. The van der Waals surface area contributed by atoms with Gasteiger partial charge >= 0.3 is 0 Å². The fourth-order valence-corrected chi connectivity index (χ4v) is 1.52. The Kier molecular flexibility index (Phi) is 3.32. The van der Waals surface area contributed by atoms with E-state index in [1.165, 1.54) is 31.4 Å². The lowest BCUT2D eigenvalue weighted by Crippen LogP contribution is -1.96. The molecule has 0 fully saturated rings. The van der Waals surface area contributed by atoms with E-state index in [2.05, 4.69) is 5.32 Å². The summed E-state index contributed by atoms with van der Waals surface area (Å²) in [5.74, 6) is -0.851. The van der Waals surface area contributed by atoms with Gasteiger partial charge in [0.15, 0.2) is 11.6 Å². The predicted molar refractivity (Wildman–Crippen MR) is 67.0 cm³/mol. The zero-order valence-corrected chi connectivity index (χ0v) is 9.71. The van der Waals surface area contributed by atoms with Crippen LogP contribution in [0.2, 0.25) is 0 Å². The molecular formula is C13H12F2N2O. The van der Waals surface area contributed by atoms with Crippen LogP contribution in [0, 0.1) is 11.6 Å². The first-order valence-electron chi connectivity index (χ1n) is 5.26. The van der Waals surface area contributed by atoms with Gasteiger partial charge in [0, 0.05) is 17.4 Å². The molecule has 0 saturated heterocycles. The number of ether oxygens (including phenoxy) is 1. The van der Waals surface area contributed by atoms with E-state index < -0.39 is 11.6 Å². The third-order valence-corrected chi connectivity index (χ3v) is 2.44. The second-order valence-electron chi connectivity index (χ2n) is 3.71. The molecule has 0 aliphatic carbocycles. The molecule has 5 heteroatoms. The van der Waals surface area contributed by atoms with E-state index in [9.17, 15) is 8.78 Å². The largest absolute Gasteiger partial charge is 0.494 e. The van der Waals surface area contributed by atoms with Gasteiger partial charge in [-0.25, -0.2) is 8.78 Å². The van der Waals surface area contributed by atoms with Crippen molar-refractivity contribution in [3.8, 4) is 5.75 Å². The van der Waals surface area contributed by atoms with E-state index in [-0.39, 0.29) is 11.4 Å². The zero-order valence-electron chi connectivity index (χ0n) is 9.71. The predicted octanol–water partition coefficient (Wildman–Crippen LogP) is 3.30. The van der Waals surface area contributed by atoms with Gasteiger partial charge in [-0.05, 0) is 30.3 Å². The second-order valence-corrected chi connectivity index (χ2v) is 3.71. The minimum Gasteiger partial charge on any atom is -0.494 e. The number of hydrogen-bond donors (Lipinski definition) is 2. The van der Waals surface area contributed by atoms with Gasteiger partial charge in [0.25, 0.3) is 0 Å². The molecular weight excluding hydrogens is 238 g/mol. The fraction of sp³-hybridized carbons (Fsp3) is 0.0769. The van der Waals surface area contributed by atoms with Gasteiger partial charge in [0.05, 0.1) is 12.8 Å². The molecule has 18 heavy (non-hydrogen) atoms. The molecule has 0 radical (unpaired) electrons. The summed E-state index contributed by atoms with van der Waals surface area (Å²) in [6, 6.07) is 8.70. The lowest BCUT2D eigenvalue weighted by atomic mass is 10.2. The molecule has 0 unspecified atom stereocenters. The molecule has 0 amide bonds. The summed E-state index contributed by atoms with van der Waals surface area (Å²) in [6.45, 7) is 0. The molecule has 3 nitrogen and oxygen atoms in total. The highest BCUT2D eigenvalue weighted by molar-refractivity contribution is 5.62. The molecule has 0 aromatic heterocycles. The van der Waals surface area contributed by atoms with Gasteiger partial charge in [-0.2, -0.15) is 0 Å². The monoisotopic (exact) mass is 250 g/mol. The zero-order chi connectivity index (χ0) is 13.1. The van der Waals surface area contributed by atoms with E-state index in [0.717, 1.165) is 0 Å². The van der Waals surface area contributed by atoms with Gasteiger partial charge in [0.2, 0.25) is 0 Å². The Morgan fingerprint density at radius 2 is 1.61 bits per heavy atom. The second kappa shape index (κ2) is 4.91. The average Bonchev–Trinajstić information content (AvgIpc) is 2.34. The topological polar surface area (TPSA) is 47.3 Å². The average molecular weight is 250 g/mol. The fourth-order valence-electron chi connectivity index (χ4n) is 1.52. The summed E-state index contributed by atoms with van der Waals surface area (Å²) in [5.41, 5.74) is 6.43. The quantitative estimate of drug-likeness (QED) is 0.822. The van der Waals surface area contributed by atoms with Crippen molar-refractivity contribution in [1.82, 2.24) is 0 Å². The summed E-state index contributed by atoms with van der Waals surface area (Å²) >= 11 is 0. The van der Waals surface area contributed by atoms with Crippen molar-refractivity contribution >= 4 is 17.1 Å².